The summed E-state index contributed by atoms with van der Waals surface area (Å²) in [6, 6.07) is 11.6. The van der Waals surface area contributed by atoms with Gasteiger partial charge >= 0.3 is 0 Å². The molecule has 4 aromatic rings. The number of imide groups is 2. The highest BCUT2D eigenvalue weighted by molar-refractivity contribution is 7.99. The number of fused-ring (bicyclic) bond motifs is 2. The number of piperidine rings is 1. The van der Waals surface area contributed by atoms with E-state index in [0.717, 1.165) is 4.90 Å². The number of nitrogens with zero attached hydrogens (tertiary/aromatic N) is 5. The van der Waals surface area contributed by atoms with Gasteiger partial charge in [0.2, 0.25) is 23.6 Å². The van der Waals surface area contributed by atoms with Crippen LogP contribution in [0.25, 0.3) is 10.9 Å². The number of nitrogens with one attached hydrogen (secondary N) is 3. The largest absolute Gasteiger partial charge is 0.494 e. The highest BCUT2D eigenvalue weighted by Crippen LogP contribution is 2.35. The maximum absolute atomic E-state index is 13.7. The van der Waals surface area contributed by atoms with Gasteiger partial charge in [0.15, 0.2) is 0 Å². The van der Waals surface area contributed by atoms with Crippen LogP contribution in [0.15, 0.2) is 71.9 Å². The maximum atomic E-state index is 13.7. The number of piperazine rings is 1. The smallest absolute Gasteiger partial charge is 0.263 e. The van der Waals surface area contributed by atoms with Crippen LogP contribution < -0.4 is 20.7 Å². The molecule has 1 atom stereocenters. The summed E-state index contributed by atoms with van der Waals surface area (Å²) in [7, 11) is 1.49. The van der Waals surface area contributed by atoms with Gasteiger partial charge < -0.3 is 34.5 Å². The molecule has 3 N–H and O–H groups in total. The molecule has 1 aromatic heterocycles. The Morgan fingerprint density at radius 2 is 1.72 bits per heavy atom. The zero-order valence-electron chi connectivity index (χ0n) is 35.3. The van der Waals surface area contributed by atoms with Gasteiger partial charge in [-0.2, -0.15) is 0 Å². The lowest BCUT2D eigenvalue weighted by molar-refractivity contribution is -0.138. The first-order chi connectivity index (χ1) is 31.5. The van der Waals surface area contributed by atoms with Crippen LogP contribution >= 0.6 is 23.4 Å². The molecule has 3 aliphatic heterocycles. The lowest BCUT2D eigenvalue weighted by Crippen LogP contribution is -2.54. The fourth-order valence-corrected chi connectivity index (χ4v) is 8.45. The molecule has 21 heteroatoms. The summed E-state index contributed by atoms with van der Waals surface area (Å²) in [5.74, 6) is -1.87. The SMILES string of the molecule is COc1cc2ncnc(Nc3ccc(F)c(Cl)c3)c2cc1NC(=O)/C=C/CN1CCN(C(=O)COCCOCCOCCSc2cccc3c2C(=O)N(C2CCC(=O)NC2=O)C3=O)CC1. The monoisotopic (exact) mass is 932 g/mol. The Balaban J connectivity index is 0.741. The lowest BCUT2D eigenvalue weighted by Gasteiger charge is -2.34. The van der Waals surface area contributed by atoms with Crippen LogP contribution in [0.5, 0.6) is 5.75 Å². The average molecular weight is 933 g/mol. The summed E-state index contributed by atoms with van der Waals surface area (Å²) in [5.41, 5.74) is 1.97. The van der Waals surface area contributed by atoms with Crippen molar-refractivity contribution < 1.29 is 52.1 Å². The summed E-state index contributed by atoms with van der Waals surface area (Å²) >= 11 is 7.31. The van der Waals surface area contributed by atoms with Gasteiger partial charge in [-0.1, -0.05) is 23.7 Å². The number of methoxy groups -OCH3 is 1. The molecule has 3 aromatic carbocycles. The van der Waals surface area contributed by atoms with E-state index >= 15 is 0 Å². The fourth-order valence-electron chi connectivity index (χ4n) is 7.33. The average Bonchev–Trinajstić information content (AvgIpc) is 3.55. The summed E-state index contributed by atoms with van der Waals surface area (Å²) < 4.78 is 36.0. The Kier molecular flexibility index (Phi) is 16.1. The number of hydrogen-bond acceptors (Lipinski definition) is 15. The molecule has 0 aliphatic carbocycles. The molecule has 3 aliphatic rings. The third-order valence-corrected chi connectivity index (χ3v) is 12.0. The van der Waals surface area contributed by atoms with Crippen LogP contribution in [-0.2, 0) is 33.4 Å². The van der Waals surface area contributed by atoms with E-state index in [1.807, 2.05) is 0 Å². The molecular formula is C44H46ClFN8O10S. The van der Waals surface area contributed by atoms with Crippen molar-refractivity contribution in [1.29, 1.82) is 0 Å². The number of aromatic nitrogens is 2. The predicted molar refractivity (Wildman–Crippen MR) is 238 cm³/mol. The van der Waals surface area contributed by atoms with Crippen LogP contribution in [0.4, 0.5) is 21.6 Å². The van der Waals surface area contributed by atoms with Gasteiger partial charge in [-0.15, -0.1) is 11.8 Å². The predicted octanol–water partition coefficient (Wildman–Crippen LogP) is 4.06. The van der Waals surface area contributed by atoms with Gasteiger partial charge in [-0.05, 0) is 42.8 Å². The normalized spacial score (nSPS) is 16.6. The first-order valence-corrected chi connectivity index (χ1v) is 22.1. The van der Waals surface area contributed by atoms with Crippen LogP contribution in [0.3, 0.4) is 0 Å². The van der Waals surface area contributed by atoms with E-state index in [4.69, 9.17) is 30.5 Å². The number of carbonyl (C=O) groups excluding carboxylic acids is 6. The molecule has 0 bridgehead atoms. The highest BCUT2D eigenvalue weighted by Gasteiger charge is 2.45. The molecule has 0 saturated carbocycles. The number of thioether (sulfide) groups is 1. The second-order valence-electron chi connectivity index (χ2n) is 14.9. The third-order valence-electron chi connectivity index (χ3n) is 10.6. The minimum Gasteiger partial charge on any atom is -0.494 e. The first-order valence-electron chi connectivity index (χ1n) is 20.7. The number of halogens is 2. The first kappa shape index (κ1) is 46.9. The van der Waals surface area contributed by atoms with Crippen molar-refractivity contribution >= 4 is 86.9 Å². The van der Waals surface area contributed by atoms with E-state index in [-0.39, 0.29) is 60.6 Å². The topological polar surface area (TPSA) is 211 Å². The molecule has 6 amide bonds. The Morgan fingerprint density at radius 1 is 0.954 bits per heavy atom. The third kappa shape index (κ3) is 11.8. The van der Waals surface area contributed by atoms with Gasteiger partial charge in [0.1, 0.15) is 36.4 Å². The number of carbonyl (C=O) groups is 6. The van der Waals surface area contributed by atoms with Crippen molar-refractivity contribution in [3.8, 4) is 5.75 Å². The standard InChI is InChI=1S/C44H46ClFN8O10S/c1-61-35-24-32-29(41(48-26-47-32)49-27-7-8-31(46)30(45)22-27)23-33(35)50-37(55)6-3-11-52-12-14-53(15-13-52)39(57)25-64-19-18-62-16-17-63-20-21-65-36-5-2-4-28-40(36)44(60)54(43(28)59)34-9-10-38(56)51-42(34)58/h2-8,22-24,26,34H,9-21,25H2,1H3,(H,50,55)(H,47,48,49)(H,51,56,58)/b6-3+. The summed E-state index contributed by atoms with van der Waals surface area (Å²) in [4.78, 5) is 90.0. The molecule has 7 rings (SSSR count). The number of benzene rings is 3. The Labute approximate surface area is 382 Å². The number of ether oxygens (including phenoxy) is 4. The van der Waals surface area contributed by atoms with Gasteiger partial charge in [-0.25, -0.2) is 14.4 Å². The van der Waals surface area contributed by atoms with Gasteiger partial charge in [0, 0.05) is 73.0 Å². The number of rotatable bonds is 20. The second-order valence-corrected chi connectivity index (χ2v) is 16.4. The number of hydrogen-bond donors (Lipinski definition) is 3. The molecule has 18 nitrogen and oxygen atoms in total. The van der Waals surface area contributed by atoms with Crippen LogP contribution in [-0.4, -0.2) is 151 Å². The van der Waals surface area contributed by atoms with Gasteiger partial charge in [0.05, 0.1) is 67.5 Å². The summed E-state index contributed by atoms with van der Waals surface area (Å²) in [5, 5.41) is 8.72. The van der Waals surface area contributed by atoms with E-state index in [2.05, 4.69) is 30.8 Å². The quantitative estimate of drug-likeness (QED) is 0.0494. The Hall–Kier alpha value is -6.03. The van der Waals surface area contributed by atoms with Crippen molar-refractivity contribution in [3.63, 3.8) is 0 Å². The van der Waals surface area contributed by atoms with E-state index in [9.17, 15) is 33.2 Å². The lowest BCUT2D eigenvalue weighted by atomic mass is 10.0. The minimum atomic E-state index is -1.02. The van der Waals surface area contributed by atoms with Crippen LogP contribution in [0.1, 0.15) is 33.6 Å². The molecule has 1 unspecified atom stereocenters. The van der Waals surface area contributed by atoms with Crippen molar-refractivity contribution in [2.45, 2.75) is 23.8 Å². The van der Waals surface area contributed by atoms with Crippen molar-refractivity contribution in [1.82, 2.24) is 30.0 Å². The molecule has 2 saturated heterocycles. The van der Waals surface area contributed by atoms with Gasteiger partial charge in [-0.3, -0.25) is 43.9 Å². The fraction of sp³-hybridized carbons (Fsp3) is 0.364. The van der Waals surface area contributed by atoms with Crippen molar-refractivity contribution in [2.24, 2.45) is 0 Å². The molecular weight excluding hydrogens is 887 g/mol. The van der Waals surface area contributed by atoms with Crippen molar-refractivity contribution in [3.05, 3.63) is 89.0 Å². The second kappa shape index (κ2) is 22.2. The molecule has 342 valence electrons. The van der Waals surface area contributed by atoms with E-state index in [0.29, 0.717) is 97.0 Å². The van der Waals surface area contributed by atoms with E-state index < -0.39 is 35.5 Å². The maximum Gasteiger partial charge on any atom is 0.263 e. The zero-order valence-corrected chi connectivity index (χ0v) is 36.9. The molecule has 0 radical (unpaired) electrons. The summed E-state index contributed by atoms with van der Waals surface area (Å²) in [6.45, 7) is 4.25. The molecule has 0 spiro atoms. The van der Waals surface area contributed by atoms with Crippen LogP contribution in [0.2, 0.25) is 5.02 Å². The molecule has 2 fully saturated rings. The zero-order chi connectivity index (χ0) is 45.9. The number of amides is 6. The summed E-state index contributed by atoms with van der Waals surface area (Å²) in [6.07, 6.45) is 4.72. The van der Waals surface area contributed by atoms with E-state index in [1.54, 1.807) is 41.3 Å². The number of anilines is 3. The van der Waals surface area contributed by atoms with Crippen LogP contribution in [0, 0.1) is 5.82 Å². The minimum absolute atomic E-state index is 0.0400. The van der Waals surface area contributed by atoms with Gasteiger partial charge in [0.25, 0.3) is 11.8 Å². The van der Waals surface area contributed by atoms with E-state index in [1.165, 1.54) is 49.5 Å². The molecule has 4 heterocycles. The highest BCUT2D eigenvalue weighted by atomic mass is 35.5. The molecule has 65 heavy (non-hydrogen) atoms. The van der Waals surface area contributed by atoms with Crippen molar-refractivity contribution in [2.75, 3.05) is 95.9 Å². The Morgan fingerprint density at radius 3 is 2.48 bits per heavy atom. The Bertz CT molecular complexity index is 2490.